The zero-order valence-corrected chi connectivity index (χ0v) is 16.9. The summed E-state index contributed by atoms with van der Waals surface area (Å²) >= 11 is 0. The number of carbonyl (C=O) groups is 1. The molecule has 27 heavy (non-hydrogen) atoms. The van der Waals surface area contributed by atoms with Gasteiger partial charge in [0.25, 0.3) is 6.08 Å². The summed E-state index contributed by atoms with van der Waals surface area (Å²) < 4.78 is 29.9. The number of allylic oxidation sites excluding steroid dienone is 1. The lowest BCUT2D eigenvalue weighted by Gasteiger charge is -2.37. The van der Waals surface area contributed by atoms with E-state index in [0.29, 0.717) is 24.5 Å². The van der Waals surface area contributed by atoms with Crippen molar-refractivity contribution in [3.8, 4) is 0 Å². The Hall–Kier alpha value is -1.23. The van der Waals surface area contributed by atoms with Crippen molar-refractivity contribution in [3.63, 3.8) is 0 Å². The second kappa shape index (κ2) is 10.9. The molecule has 0 radical (unpaired) electrons. The molecule has 0 aromatic carbocycles. The van der Waals surface area contributed by atoms with E-state index in [1.165, 1.54) is 25.7 Å². The predicted octanol–water partition coefficient (Wildman–Crippen LogP) is 5.57. The Morgan fingerprint density at radius 3 is 2.11 bits per heavy atom. The molecule has 2 aliphatic rings. The van der Waals surface area contributed by atoms with Crippen LogP contribution in [0.4, 0.5) is 8.78 Å². The third-order valence-electron chi connectivity index (χ3n) is 6.22. The van der Waals surface area contributed by atoms with Gasteiger partial charge in [0.2, 0.25) is 0 Å². The highest BCUT2D eigenvalue weighted by atomic mass is 19.3. The van der Waals surface area contributed by atoms with E-state index >= 15 is 0 Å². The fourth-order valence-corrected chi connectivity index (χ4v) is 4.74. The average molecular weight is 384 g/mol. The molecular formula is C22H35F2NO2. The monoisotopic (exact) mass is 383 g/mol. The van der Waals surface area contributed by atoms with Crippen molar-refractivity contribution < 1.29 is 18.3 Å². The maximum Gasteiger partial charge on any atom is 0.334 e. The topological polar surface area (TPSA) is 29.5 Å². The lowest BCUT2D eigenvalue weighted by molar-refractivity contribution is -0.146. The largest absolute Gasteiger partial charge is 0.459 e. The molecule has 0 bridgehead atoms. The smallest absolute Gasteiger partial charge is 0.334 e. The van der Waals surface area contributed by atoms with Crippen molar-refractivity contribution in [3.05, 3.63) is 24.3 Å². The number of nitrogens with zero attached hydrogens (tertiary/aromatic N) is 1. The summed E-state index contributed by atoms with van der Waals surface area (Å²) in [4.78, 5) is 14.0. The van der Waals surface area contributed by atoms with Crippen LogP contribution in [0.25, 0.3) is 0 Å². The molecule has 2 aliphatic carbocycles. The van der Waals surface area contributed by atoms with Crippen LogP contribution >= 0.6 is 0 Å². The second-order valence-electron chi connectivity index (χ2n) is 8.64. The Labute approximate surface area is 162 Å². The number of ether oxygens (including phenoxy) is 1. The number of hydrogen-bond acceptors (Lipinski definition) is 3. The highest BCUT2D eigenvalue weighted by Crippen LogP contribution is 2.41. The van der Waals surface area contributed by atoms with Gasteiger partial charge in [-0.1, -0.05) is 19.4 Å². The summed E-state index contributed by atoms with van der Waals surface area (Å²) in [5.41, 5.74) is 0.517. The third-order valence-corrected chi connectivity index (χ3v) is 6.22. The molecule has 0 atom stereocenters. The minimum absolute atomic E-state index is 0.0337. The van der Waals surface area contributed by atoms with Gasteiger partial charge in [0, 0.05) is 12.1 Å². The molecule has 0 unspecified atom stereocenters. The maximum absolute atomic E-state index is 12.1. The van der Waals surface area contributed by atoms with Crippen molar-refractivity contribution >= 4 is 5.97 Å². The minimum atomic E-state index is -1.55. The summed E-state index contributed by atoms with van der Waals surface area (Å²) in [7, 11) is 3.82. The van der Waals surface area contributed by atoms with Gasteiger partial charge < -0.3 is 9.64 Å². The summed E-state index contributed by atoms with van der Waals surface area (Å²) in [5.74, 6) is 1.84. The van der Waals surface area contributed by atoms with Crippen LogP contribution in [0.2, 0.25) is 0 Å². The Balaban J connectivity index is 1.65. The molecule has 0 N–H and O–H groups in total. The summed E-state index contributed by atoms with van der Waals surface area (Å²) in [6, 6.07) is 0. The first kappa shape index (κ1) is 22.1. The van der Waals surface area contributed by atoms with E-state index in [1.54, 1.807) is 0 Å². The van der Waals surface area contributed by atoms with Crippen molar-refractivity contribution in [2.45, 2.75) is 70.3 Å². The number of likely N-dealkylation sites (N-methyl/N-ethyl adjacent to an activating group) is 1. The van der Waals surface area contributed by atoms with E-state index in [2.05, 4.69) is 6.58 Å². The number of hydrogen-bond donors (Lipinski definition) is 0. The number of rotatable bonds is 8. The molecule has 154 valence electrons. The van der Waals surface area contributed by atoms with Gasteiger partial charge in [-0.05, 0) is 89.3 Å². The SMILES string of the molecule is C=C(CN(C)C)C(=O)OC1CCC(C2CCC(CCC=C(F)F)CC2)CC1. The molecule has 2 saturated carbocycles. The van der Waals surface area contributed by atoms with E-state index in [9.17, 15) is 13.6 Å². The van der Waals surface area contributed by atoms with Crippen molar-refractivity contribution in [1.82, 2.24) is 4.90 Å². The zero-order chi connectivity index (χ0) is 19.8. The average Bonchev–Trinajstić information content (AvgIpc) is 2.62. The lowest BCUT2D eigenvalue weighted by Crippen LogP contribution is -2.31. The van der Waals surface area contributed by atoms with Crippen molar-refractivity contribution in [2.75, 3.05) is 20.6 Å². The van der Waals surface area contributed by atoms with Crippen LogP contribution in [-0.2, 0) is 9.53 Å². The fourth-order valence-electron chi connectivity index (χ4n) is 4.74. The van der Waals surface area contributed by atoms with Crippen LogP contribution in [0.1, 0.15) is 64.2 Å². The highest BCUT2D eigenvalue weighted by Gasteiger charge is 2.32. The molecule has 3 nitrogen and oxygen atoms in total. The Kier molecular flexibility index (Phi) is 8.94. The van der Waals surface area contributed by atoms with Crippen LogP contribution in [0.5, 0.6) is 0 Å². The quantitative estimate of drug-likeness (QED) is 0.405. The van der Waals surface area contributed by atoms with Gasteiger partial charge >= 0.3 is 5.97 Å². The summed E-state index contributed by atoms with van der Waals surface area (Å²) in [6.45, 7) is 4.36. The molecule has 0 aromatic rings. The third kappa shape index (κ3) is 7.73. The molecule has 0 heterocycles. The van der Waals surface area contributed by atoms with Crippen molar-refractivity contribution in [2.24, 2.45) is 17.8 Å². The number of halogens is 2. The van der Waals surface area contributed by atoms with Crippen LogP contribution in [0, 0.1) is 17.8 Å². The molecule has 2 rings (SSSR count). The maximum atomic E-state index is 12.1. The van der Waals surface area contributed by atoms with Gasteiger partial charge in [-0.3, -0.25) is 0 Å². The molecule has 2 fully saturated rings. The van der Waals surface area contributed by atoms with Crippen LogP contribution in [0.15, 0.2) is 24.3 Å². The first-order valence-corrected chi connectivity index (χ1v) is 10.4. The molecule has 0 aliphatic heterocycles. The van der Waals surface area contributed by atoms with Gasteiger partial charge in [0.15, 0.2) is 0 Å². The number of carbonyl (C=O) groups excluding carboxylic acids is 1. The molecular weight excluding hydrogens is 348 g/mol. The Morgan fingerprint density at radius 2 is 1.59 bits per heavy atom. The highest BCUT2D eigenvalue weighted by molar-refractivity contribution is 5.88. The van der Waals surface area contributed by atoms with E-state index in [1.807, 2.05) is 19.0 Å². The number of esters is 1. The molecule has 5 heteroatoms. The Bertz CT molecular complexity index is 512. The molecule has 0 amide bonds. The van der Waals surface area contributed by atoms with Gasteiger partial charge in [0.05, 0.1) is 0 Å². The van der Waals surface area contributed by atoms with E-state index in [-0.39, 0.29) is 12.1 Å². The van der Waals surface area contributed by atoms with Gasteiger partial charge in [-0.15, -0.1) is 0 Å². The summed E-state index contributed by atoms with van der Waals surface area (Å²) in [5, 5.41) is 0. The molecule has 0 saturated heterocycles. The van der Waals surface area contributed by atoms with Crippen molar-refractivity contribution in [1.29, 1.82) is 0 Å². The van der Waals surface area contributed by atoms with Crippen LogP contribution < -0.4 is 0 Å². The van der Waals surface area contributed by atoms with Gasteiger partial charge in [-0.2, -0.15) is 8.78 Å². The lowest BCUT2D eigenvalue weighted by atomic mass is 9.70. The van der Waals surface area contributed by atoms with E-state index in [0.717, 1.165) is 50.0 Å². The van der Waals surface area contributed by atoms with Gasteiger partial charge in [-0.25, -0.2) is 4.79 Å². The zero-order valence-electron chi connectivity index (χ0n) is 16.9. The summed E-state index contributed by atoms with van der Waals surface area (Å²) in [6.07, 6.45) is 9.89. The normalized spacial score (nSPS) is 28.6. The molecule has 0 aromatic heterocycles. The fraction of sp³-hybridized carbons (Fsp3) is 0.773. The predicted molar refractivity (Wildman–Crippen MR) is 105 cm³/mol. The van der Waals surface area contributed by atoms with E-state index < -0.39 is 6.08 Å². The van der Waals surface area contributed by atoms with Gasteiger partial charge in [0.1, 0.15) is 6.10 Å². The second-order valence-corrected chi connectivity index (χ2v) is 8.64. The standard InChI is InChI=1S/C22H35F2NO2/c1-16(15-25(2)3)22(26)27-20-13-11-19(12-14-20)18-9-7-17(8-10-18)5-4-6-21(23)24/h6,17-20H,1,4-5,7-15H2,2-3H3. The Morgan fingerprint density at radius 1 is 1.04 bits per heavy atom. The minimum Gasteiger partial charge on any atom is -0.459 e. The first-order chi connectivity index (χ1) is 12.8. The van der Waals surface area contributed by atoms with Crippen LogP contribution in [0.3, 0.4) is 0 Å². The van der Waals surface area contributed by atoms with E-state index in [4.69, 9.17) is 4.74 Å². The van der Waals surface area contributed by atoms with Crippen LogP contribution in [-0.4, -0.2) is 37.6 Å². The first-order valence-electron chi connectivity index (χ1n) is 10.4. The molecule has 0 spiro atoms.